The van der Waals surface area contributed by atoms with E-state index < -0.39 is 35.6 Å². The normalized spacial score (nSPS) is 12.6. The third-order valence-electron chi connectivity index (χ3n) is 5.88. The highest BCUT2D eigenvalue weighted by molar-refractivity contribution is 5.99. The Labute approximate surface area is 226 Å². The van der Waals surface area contributed by atoms with Crippen LogP contribution in [-0.4, -0.2) is 41.6 Å². The second kappa shape index (κ2) is 13.0. The molecule has 204 valence electrons. The van der Waals surface area contributed by atoms with Gasteiger partial charge in [0.15, 0.2) is 0 Å². The van der Waals surface area contributed by atoms with Crippen LogP contribution in [0.1, 0.15) is 63.8 Å². The number of methoxy groups -OCH3 is 1. The lowest BCUT2D eigenvalue weighted by Gasteiger charge is -2.32. The number of anilines is 1. The maximum absolute atomic E-state index is 13.9. The minimum Gasteiger partial charge on any atom is -0.497 e. The van der Waals surface area contributed by atoms with Crippen molar-refractivity contribution in [2.45, 2.75) is 72.6 Å². The monoisotopic (exact) mass is 521 g/mol. The van der Waals surface area contributed by atoms with Crippen molar-refractivity contribution >= 4 is 23.6 Å². The van der Waals surface area contributed by atoms with Gasteiger partial charge in [-0.25, -0.2) is 4.79 Å². The molecular formula is C30H39N3O5. The molecule has 0 heterocycles. The largest absolute Gasteiger partial charge is 0.497 e. The number of carbonyl (C=O) groups is 3. The number of terminal acetylenes is 1. The van der Waals surface area contributed by atoms with Gasteiger partial charge in [0.05, 0.1) is 7.11 Å². The number of hydrogen-bond donors (Lipinski definition) is 2. The van der Waals surface area contributed by atoms with Crippen LogP contribution in [0.4, 0.5) is 10.5 Å². The molecule has 0 aliphatic heterocycles. The molecule has 0 bridgehead atoms. The molecule has 3 amide bonds. The topological polar surface area (TPSA) is 97.0 Å². The number of aryl methyl sites for hydroxylation is 1. The number of amides is 3. The zero-order chi connectivity index (χ0) is 28.6. The van der Waals surface area contributed by atoms with Gasteiger partial charge < -0.3 is 20.1 Å². The fraction of sp³-hybridized carbons (Fsp3) is 0.433. The van der Waals surface area contributed by atoms with Gasteiger partial charge in [0.1, 0.15) is 23.4 Å². The van der Waals surface area contributed by atoms with Crippen LogP contribution in [0, 0.1) is 32.2 Å². The minimum absolute atomic E-state index is 0.0470. The van der Waals surface area contributed by atoms with Gasteiger partial charge in [-0.15, -0.1) is 0 Å². The van der Waals surface area contributed by atoms with Crippen molar-refractivity contribution in [1.82, 2.24) is 10.2 Å². The molecule has 2 unspecified atom stereocenters. The van der Waals surface area contributed by atoms with Crippen molar-refractivity contribution in [3.8, 4) is 18.2 Å². The minimum atomic E-state index is -1.15. The summed E-state index contributed by atoms with van der Waals surface area (Å²) >= 11 is 0. The number of nitrogens with one attached hydrogen (secondary N) is 2. The van der Waals surface area contributed by atoms with Gasteiger partial charge in [-0.1, -0.05) is 38.5 Å². The summed E-state index contributed by atoms with van der Waals surface area (Å²) in [5, 5.41) is 5.52. The van der Waals surface area contributed by atoms with E-state index in [-0.39, 0.29) is 5.92 Å². The summed E-state index contributed by atoms with van der Waals surface area (Å²) in [6.07, 6.45) is 5.45. The van der Waals surface area contributed by atoms with Crippen molar-refractivity contribution in [2.75, 3.05) is 12.4 Å². The molecule has 2 N–H and O–H groups in total. The molecule has 0 spiro atoms. The number of carbonyl (C=O) groups excluding carboxylic acids is 3. The first kappa shape index (κ1) is 30.2. The molecule has 0 saturated heterocycles. The number of hydrogen-bond acceptors (Lipinski definition) is 5. The van der Waals surface area contributed by atoms with Crippen LogP contribution < -0.4 is 15.4 Å². The highest BCUT2D eigenvalue weighted by Gasteiger charge is 2.37. The van der Waals surface area contributed by atoms with Crippen molar-refractivity contribution in [3.63, 3.8) is 0 Å². The van der Waals surface area contributed by atoms with E-state index in [0.29, 0.717) is 23.4 Å². The number of benzene rings is 2. The summed E-state index contributed by atoms with van der Waals surface area (Å²) < 4.78 is 10.6. The number of rotatable bonds is 9. The molecule has 0 saturated carbocycles. The molecule has 8 heteroatoms. The average Bonchev–Trinajstić information content (AvgIpc) is 2.82. The smallest absolute Gasteiger partial charge is 0.408 e. The summed E-state index contributed by atoms with van der Waals surface area (Å²) in [5.41, 5.74) is 2.13. The van der Waals surface area contributed by atoms with Crippen LogP contribution in [0.2, 0.25) is 0 Å². The lowest BCUT2D eigenvalue weighted by atomic mass is 9.94. The third-order valence-corrected chi connectivity index (χ3v) is 5.88. The Morgan fingerprint density at radius 1 is 1.05 bits per heavy atom. The Balaban J connectivity index is 2.50. The first-order chi connectivity index (χ1) is 17.8. The van der Waals surface area contributed by atoms with E-state index in [0.717, 1.165) is 16.0 Å². The Morgan fingerprint density at radius 3 is 2.21 bits per heavy atom. The number of ether oxygens (including phenoxy) is 2. The molecule has 38 heavy (non-hydrogen) atoms. The summed E-state index contributed by atoms with van der Waals surface area (Å²) in [4.78, 5) is 41.3. The van der Waals surface area contributed by atoms with E-state index in [1.807, 2.05) is 39.8 Å². The molecule has 0 radical (unpaired) electrons. The van der Waals surface area contributed by atoms with E-state index in [1.165, 1.54) is 0 Å². The second-order valence-corrected chi connectivity index (χ2v) is 10.6. The van der Waals surface area contributed by atoms with E-state index >= 15 is 0 Å². The van der Waals surface area contributed by atoms with Gasteiger partial charge in [-0.3, -0.25) is 14.5 Å². The lowest BCUT2D eigenvalue weighted by molar-refractivity contribution is -0.137. The lowest BCUT2D eigenvalue weighted by Crippen LogP contribution is -2.51. The van der Waals surface area contributed by atoms with Gasteiger partial charge in [-0.05, 0) is 87.9 Å². The fourth-order valence-electron chi connectivity index (χ4n) is 3.93. The summed E-state index contributed by atoms with van der Waals surface area (Å²) in [6.45, 7) is 12.9. The first-order valence-electron chi connectivity index (χ1n) is 12.6. The molecule has 0 aliphatic carbocycles. The molecule has 8 nitrogen and oxygen atoms in total. The fourth-order valence-corrected chi connectivity index (χ4v) is 3.93. The van der Waals surface area contributed by atoms with Crippen LogP contribution in [0.3, 0.4) is 0 Å². The van der Waals surface area contributed by atoms with Crippen LogP contribution in [0.5, 0.6) is 5.75 Å². The van der Waals surface area contributed by atoms with Crippen molar-refractivity contribution in [3.05, 3.63) is 59.2 Å². The van der Waals surface area contributed by atoms with Crippen LogP contribution in [-0.2, 0) is 14.3 Å². The van der Waals surface area contributed by atoms with E-state index in [1.54, 1.807) is 58.2 Å². The van der Waals surface area contributed by atoms with Gasteiger partial charge >= 0.3 is 6.09 Å². The predicted molar refractivity (Wildman–Crippen MR) is 149 cm³/mol. The molecule has 0 fully saturated rings. The Bertz CT molecular complexity index is 1180. The third kappa shape index (κ3) is 8.27. The highest BCUT2D eigenvalue weighted by Crippen LogP contribution is 2.29. The van der Waals surface area contributed by atoms with Crippen LogP contribution in [0.15, 0.2) is 42.5 Å². The Kier molecular flexibility index (Phi) is 10.3. The SMILES string of the molecule is C#CN(C(=O)C(CC(C)C)NC(=O)OC(C)(C)C)C(C(=O)Nc1ccc(OC)cc1)c1cccc(C)c1C. The number of nitrogens with zero attached hydrogens (tertiary/aromatic N) is 1. The molecule has 2 aromatic carbocycles. The first-order valence-corrected chi connectivity index (χ1v) is 12.6. The Morgan fingerprint density at radius 2 is 1.68 bits per heavy atom. The van der Waals surface area contributed by atoms with Crippen LogP contribution in [0.25, 0.3) is 0 Å². The zero-order valence-corrected chi connectivity index (χ0v) is 23.5. The summed E-state index contributed by atoms with van der Waals surface area (Å²) in [7, 11) is 1.55. The van der Waals surface area contributed by atoms with Crippen molar-refractivity contribution in [2.24, 2.45) is 5.92 Å². The summed E-state index contributed by atoms with van der Waals surface area (Å²) in [6, 6.07) is 12.6. The quantitative estimate of drug-likeness (QED) is 0.343. The van der Waals surface area contributed by atoms with Gasteiger partial charge in [0.2, 0.25) is 0 Å². The maximum Gasteiger partial charge on any atom is 0.408 e. The molecule has 0 aliphatic rings. The van der Waals surface area contributed by atoms with E-state index in [2.05, 4.69) is 16.7 Å². The Hall–Kier alpha value is -3.99. The summed E-state index contributed by atoms with van der Waals surface area (Å²) in [5.74, 6) is -0.386. The van der Waals surface area contributed by atoms with Gasteiger partial charge in [0.25, 0.3) is 11.8 Å². The highest BCUT2D eigenvalue weighted by atomic mass is 16.6. The average molecular weight is 522 g/mol. The molecule has 0 aromatic heterocycles. The van der Waals surface area contributed by atoms with Gasteiger partial charge in [0, 0.05) is 11.7 Å². The van der Waals surface area contributed by atoms with Crippen molar-refractivity contribution in [1.29, 1.82) is 0 Å². The van der Waals surface area contributed by atoms with Crippen LogP contribution >= 0.6 is 0 Å². The second-order valence-electron chi connectivity index (χ2n) is 10.6. The zero-order valence-electron chi connectivity index (χ0n) is 23.5. The molecule has 2 aromatic rings. The predicted octanol–water partition coefficient (Wildman–Crippen LogP) is 5.35. The maximum atomic E-state index is 13.9. The molecular weight excluding hydrogens is 482 g/mol. The molecule has 2 atom stereocenters. The van der Waals surface area contributed by atoms with E-state index in [9.17, 15) is 14.4 Å². The number of alkyl carbamates (subject to hydrolysis) is 1. The van der Waals surface area contributed by atoms with E-state index in [4.69, 9.17) is 15.9 Å². The van der Waals surface area contributed by atoms with Gasteiger partial charge in [-0.2, -0.15) is 0 Å². The standard InChI is InChI=1S/C30H39N3O5/c1-10-33(28(35)25(18-19(2)3)32-29(36)38-30(6,7)8)26(24-13-11-12-20(4)21(24)5)27(34)31-22-14-16-23(37-9)17-15-22/h1,11-17,19,25-26H,18H2,2-9H3,(H,31,34)(H,32,36). The van der Waals surface area contributed by atoms with Crippen molar-refractivity contribution < 1.29 is 23.9 Å². The molecule has 2 rings (SSSR count).